The average Bonchev–Trinajstić information content (AvgIpc) is 3.16. The number of fused-ring (bicyclic) bond motifs is 1. The van der Waals surface area contributed by atoms with Gasteiger partial charge in [0, 0.05) is 17.6 Å². The molecule has 5 nitrogen and oxygen atoms in total. The Kier molecular flexibility index (Phi) is 2.35. The molecular formula is C13H9FNO4-. The summed E-state index contributed by atoms with van der Waals surface area (Å²) in [7, 11) is 0. The van der Waals surface area contributed by atoms with E-state index in [1.807, 2.05) is 0 Å². The number of rotatable bonds is 2. The highest BCUT2D eigenvalue weighted by Crippen LogP contribution is 2.37. The SMILES string of the molecule is O=C(O)c1cn(C2CC2)c2cc([O-])c(F)cc2c1=O. The van der Waals surface area contributed by atoms with Crippen LogP contribution >= 0.6 is 0 Å². The Morgan fingerprint density at radius 1 is 1.42 bits per heavy atom. The lowest BCUT2D eigenvalue weighted by atomic mass is 10.1. The van der Waals surface area contributed by atoms with Crippen molar-refractivity contribution < 1.29 is 19.4 Å². The zero-order valence-electron chi connectivity index (χ0n) is 9.72. The summed E-state index contributed by atoms with van der Waals surface area (Å²) in [6, 6.07) is 1.95. The first-order chi connectivity index (χ1) is 8.99. The van der Waals surface area contributed by atoms with Gasteiger partial charge in [0.25, 0.3) is 0 Å². The van der Waals surface area contributed by atoms with Gasteiger partial charge in [-0.25, -0.2) is 9.18 Å². The minimum absolute atomic E-state index is 0.0658. The number of hydrogen-bond donors (Lipinski definition) is 1. The monoisotopic (exact) mass is 262 g/mol. The lowest BCUT2D eigenvalue weighted by molar-refractivity contribution is -0.272. The summed E-state index contributed by atoms with van der Waals surface area (Å²) in [6.45, 7) is 0. The first-order valence-electron chi connectivity index (χ1n) is 5.77. The Morgan fingerprint density at radius 2 is 2.11 bits per heavy atom. The van der Waals surface area contributed by atoms with Crippen molar-refractivity contribution in [2.75, 3.05) is 0 Å². The highest BCUT2D eigenvalue weighted by atomic mass is 19.1. The van der Waals surface area contributed by atoms with E-state index in [1.165, 1.54) is 6.20 Å². The van der Waals surface area contributed by atoms with Gasteiger partial charge in [0.1, 0.15) is 11.4 Å². The topological polar surface area (TPSA) is 82.4 Å². The van der Waals surface area contributed by atoms with Crippen LogP contribution in [0, 0.1) is 5.82 Å². The molecule has 98 valence electrons. The van der Waals surface area contributed by atoms with E-state index in [9.17, 15) is 19.1 Å². The van der Waals surface area contributed by atoms with Crippen LogP contribution in [0.2, 0.25) is 0 Å². The average molecular weight is 262 g/mol. The molecule has 1 N–H and O–H groups in total. The summed E-state index contributed by atoms with van der Waals surface area (Å²) in [4.78, 5) is 23.0. The normalized spacial score (nSPS) is 14.8. The van der Waals surface area contributed by atoms with Crippen molar-refractivity contribution in [3.8, 4) is 5.75 Å². The molecule has 1 aromatic heterocycles. The number of hydrogen-bond acceptors (Lipinski definition) is 3. The minimum atomic E-state index is -1.35. The van der Waals surface area contributed by atoms with Crippen LogP contribution in [0.5, 0.6) is 5.75 Å². The molecule has 1 heterocycles. The van der Waals surface area contributed by atoms with Gasteiger partial charge < -0.3 is 14.8 Å². The molecule has 0 saturated heterocycles. The fourth-order valence-corrected chi connectivity index (χ4v) is 2.16. The van der Waals surface area contributed by atoms with E-state index in [0.29, 0.717) is 5.52 Å². The number of carboxylic acid groups (broad SMARTS) is 1. The second-order valence-corrected chi connectivity index (χ2v) is 4.62. The summed E-state index contributed by atoms with van der Waals surface area (Å²) in [5.41, 5.74) is -0.875. The van der Waals surface area contributed by atoms with Crippen molar-refractivity contribution in [2.45, 2.75) is 18.9 Å². The van der Waals surface area contributed by atoms with E-state index in [0.717, 1.165) is 25.0 Å². The number of carboxylic acids is 1. The molecule has 0 amide bonds. The number of halogens is 1. The maximum atomic E-state index is 13.3. The minimum Gasteiger partial charge on any atom is -0.870 e. The van der Waals surface area contributed by atoms with Crippen LogP contribution in [0.1, 0.15) is 29.2 Å². The lowest BCUT2D eigenvalue weighted by Crippen LogP contribution is -2.19. The molecule has 0 spiro atoms. The zero-order chi connectivity index (χ0) is 13.7. The fraction of sp³-hybridized carbons (Fsp3) is 0.231. The summed E-state index contributed by atoms with van der Waals surface area (Å²) in [5, 5.41) is 20.3. The van der Waals surface area contributed by atoms with Crippen LogP contribution in [0.15, 0.2) is 23.1 Å². The number of aromatic carboxylic acids is 1. The van der Waals surface area contributed by atoms with Crippen molar-refractivity contribution >= 4 is 16.9 Å². The molecule has 2 aromatic rings. The van der Waals surface area contributed by atoms with Crippen molar-refractivity contribution in [2.24, 2.45) is 0 Å². The number of pyridine rings is 1. The number of carbonyl (C=O) groups is 1. The quantitative estimate of drug-likeness (QED) is 0.882. The second kappa shape index (κ2) is 3.81. The number of nitrogens with zero attached hydrogens (tertiary/aromatic N) is 1. The zero-order valence-corrected chi connectivity index (χ0v) is 9.72. The van der Waals surface area contributed by atoms with Crippen molar-refractivity contribution in [3.63, 3.8) is 0 Å². The van der Waals surface area contributed by atoms with Crippen molar-refractivity contribution in [1.82, 2.24) is 4.57 Å². The molecule has 0 atom stereocenters. The van der Waals surface area contributed by atoms with Gasteiger partial charge in [0.05, 0.1) is 5.52 Å². The third-order valence-corrected chi connectivity index (χ3v) is 3.26. The maximum Gasteiger partial charge on any atom is 0.341 e. The van der Waals surface area contributed by atoms with Gasteiger partial charge in [-0.05, 0) is 25.0 Å². The van der Waals surface area contributed by atoms with Gasteiger partial charge in [-0.2, -0.15) is 0 Å². The van der Waals surface area contributed by atoms with Gasteiger partial charge in [-0.3, -0.25) is 4.79 Å². The summed E-state index contributed by atoms with van der Waals surface area (Å²) >= 11 is 0. The summed E-state index contributed by atoms with van der Waals surface area (Å²) in [6.07, 6.45) is 2.94. The molecule has 0 radical (unpaired) electrons. The Bertz CT molecular complexity index is 761. The van der Waals surface area contributed by atoms with Crippen LogP contribution in [-0.2, 0) is 0 Å². The Labute approximate surface area is 106 Å². The third-order valence-electron chi connectivity index (χ3n) is 3.26. The molecule has 0 bridgehead atoms. The second-order valence-electron chi connectivity index (χ2n) is 4.62. The van der Waals surface area contributed by atoms with Crippen LogP contribution in [-0.4, -0.2) is 15.6 Å². The van der Waals surface area contributed by atoms with E-state index >= 15 is 0 Å². The fourth-order valence-electron chi connectivity index (χ4n) is 2.16. The number of benzene rings is 1. The van der Waals surface area contributed by atoms with E-state index < -0.39 is 28.5 Å². The predicted octanol–water partition coefficient (Wildman–Crippen LogP) is 1.25. The molecule has 3 rings (SSSR count). The highest BCUT2D eigenvalue weighted by Gasteiger charge is 2.26. The molecular weight excluding hydrogens is 253 g/mol. The van der Waals surface area contributed by atoms with Crippen LogP contribution in [0.25, 0.3) is 10.9 Å². The molecule has 19 heavy (non-hydrogen) atoms. The predicted molar refractivity (Wildman–Crippen MR) is 62.8 cm³/mol. The van der Waals surface area contributed by atoms with Gasteiger partial charge in [0.15, 0.2) is 0 Å². The maximum absolute atomic E-state index is 13.3. The van der Waals surface area contributed by atoms with Crippen molar-refractivity contribution in [3.05, 3.63) is 39.9 Å². The summed E-state index contributed by atoms with van der Waals surface area (Å²) < 4.78 is 14.9. The third kappa shape index (κ3) is 1.76. The summed E-state index contributed by atoms with van der Waals surface area (Å²) in [5.74, 6) is -3.20. The standard InChI is InChI=1S/C13H10FNO4/c14-9-3-7-10(4-11(9)16)15(6-1-2-6)5-8(12(7)17)13(18)19/h3-6,16H,1-2H2,(H,18,19)/p-1. The Balaban J connectivity index is 2.45. The van der Waals surface area contributed by atoms with Crippen molar-refractivity contribution in [1.29, 1.82) is 0 Å². The van der Waals surface area contributed by atoms with E-state index in [1.54, 1.807) is 4.57 Å². The Hall–Kier alpha value is -2.37. The number of aromatic nitrogens is 1. The molecule has 1 aliphatic carbocycles. The van der Waals surface area contributed by atoms with Gasteiger partial charge >= 0.3 is 5.97 Å². The molecule has 1 aliphatic rings. The van der Waals surface area contributed by atoms with Gasteiger partial charge in [-0.1, -0.05) is 5.75 Å². The van der Waals surface area contributed by atoms with Gasteiger partial charge in [0.2, 0.25) is 5.43 Å². The molecule has 0 unspecified atom stereocenters. The molecule has 1 fully saturated rings. The van der Waals surface area contributed by atoms with E-state index in [4.69, 9.17) is 5.11 Å². The molecule has 0 aliphatic heterocycles. The van der Waals surface area contributed by atoms with Gasteiger partial charge in [-0.15, -0.1) is 0 Å². The van der Waals surface area contributed by atoms with Crippen LogP contribution < -0.4 is 10.5 Å². The largest absolute Gasteiger partial charge is 0.870 e. The van der Waals surface area contributed by atoms with Crippen LogP contribution in [0.3, 0.4) is 0 Å². The van der Waals surface area contributed by atoms with E-state index in [-0.39, 0.29) is 11.4 Å². The molecule has 1 aromatic carbocycles. The molecule has 1 saturated carbocycles. The Morgan fingerprint density at radius 3 is 2.68 bits per heavy atom. The smallest absolute Gasteiger partial charge is 0.341 e. The van der Waals surface area contributed by atoms with Crippen LogP contribution in [0.4, 0.5) is 4.39 Å². The first kappa shape index (κ1) is 11.7. The first-order valence-corrected chi connectivity index (χ1v) is 5.77. The lowest BCUT2D eigenvalue weighted by Gasteiger charge is -2.15. The van der Waals surface area contributed by atoms with E-state index in [2.05, 4.69) is 0 Å². The highest BCUT2D eigenvalue weighted by molar-refractivity contribution is 5.93. The molecule has 6 heteroatoms.